The highest BCUT2D eigenvalue weighted by Crippen LogP contribution is 2.06. The van der Waals surface area contributed by atoms with E-state index in [1.807, 2.05) is 0 Å². The maximum Gasteiger partial charge on any atom is 0.407 e. The van der Waals surface area contributed by atoms with Crippen molar-refractivity contribution in [1.82, 2.24) is 10.6 Å². The first-order valence-electron chi connectivity index (χ1n) is 4.67. The van der Waals surface area contributed by atoms with Gasteiger partial charge >= 0.3 is 12.2 Å². The molecule has 1 unspecified atom stereocenters. The fourth-order valence-corrected chi connectivity index (χ4v) is 0.812. The molecule has 0 aliphatic rings. The molecule has 2 amide bonds. The standard InChI is InChI=1S/C9H18N2O4/c1-6(11-7(12)13)5-10-8(14)15-9(2,3)4/h6,11H,5H2,1-4H3,(H,10,14)(H,12,13). The van der Waals surface area contributed by atoms with E-state index in [1.165, 1.54) is 0 Å². The molecule has 0 spiro atoms. The highest BCUT2D eigenvalue weighted by atomic mass is 16.6. The predicted molar refractivity (Wildman–Crippen MR) is 54.9 cm³/mol. The number of carbonyl (C=O) groups is 2. The van der Waals surface area contributed by atoms with E-state index in [4.69, 9.17) is 9.84 Å². The number of rotatable bonds is 3. The molecular formula is C9H18N2O4. The molecule has 0 aromatic rings. The first-order valence-corrected chi connectivity index (χ1v) is 4.67. The van der Waals surface area contributed by atoms with E-state index in [9.17, 15) is 9.59 Å². The molecular weight excluding hydrogens is 200 g/mol. The Morgan fingerprint density at radius 3 is 2.33 bits per heavy atom. The maximum absolute atomic E-state index is 11.1. The van der Waals surface area contributed by atoms with Gasteiger partial charge in [0.1, 0.15) is 5.60 Å². The van der Waals surface area contributed by atoms with E-state index in [2.05, 4.69) is 10.6 Å². The average molecular weight is 218 g/mol. The van der Waals surface area contributed by atoms with Gasteiger partial charge in [-0.15, -0.1) is 0 Å². The molecule has 0 rings (SSSR count). The molecule has 0 saturated heterocycles. The molecule has 0 aromatic carbocycles. The molecule has 6 heteroatoms. The van der Waals surface area contributed by atoms with Crippen LogP contribution < -0.4 is 10.6 Å². The van der Waals surface area contributed by atoms with E-state index >= 15 is 0 Å². The minimum Gasteiger partial charge on any atom is -0.465 e. The Morgan fingerprint density at radius 2 is 1.93 bits per heavy atom. The van der Waals surface area contributed by atoms with Crippen LogP contribution in [0.15, 0.2) is 0 Å². The minimum absolute atomic E-state index is 0.196. The fraction of sp³-hybridized carbons (Fsp3) is 0.778. The summed E-state index contributed by atoms with van der Waals surface area (Å²) in [6.07, 6.45) is -1.67. The topological polar surface area (TPSA) is 87.7 Å². The van der Waals surface area contributed by atoms with E-state index in [0.29, 0.717) is 0 Å². The van der Waals surface area contributed by atoms with Gasteiger partial charge in [0.15, 0.2) is 0 Å². The van der Waals surface area contributed by atoms with Gasteiger partial charge in [-0.1, -0.05) is 0 Å². The van der Waals surface area contributed by atoms with Crippen molar-refractivity contribution in [3.63, 3.8) is 0 Å². The summed E-state index contributed by atoms with van der Waals surface area (Å²) >= 11 is 0. The third-order valence-corrected chi connectivity index (χ3v) is 1.32. The second-order valence-electron chi connectivity index (χ2n) is 4.23. The molecule has 0 fully saturated rings. The van der Waals surface area contributed by atoms with Gasteiger partial charge in [0, 0.05) is 12.6 Å². The van der Waals surface area contributed by atoms with Gasteiger partial charge in [0.05, 0.1) is 0 Å². The van der Waals surface area contributed by atoms with Crippen LogP contribution in [-0.2, 0) is 4.74 Å². The third-order valence-electron chi connectivity index (χ3n) is 1.32. The summed E-state index contributed by atoms with van der Waals surface area (Å²) in [4.78, 5) is 21.4. The summed E-state index contributed by atoms with van der Waals surface area (Å²) in [5, 5.41) is 13.0. The molecule has 0 bridgehead atoms. The lowest BCUT2D eigenvalue weighted by atomic mass is 10.2. The molecule has 0 heterocycles. The van der Waals surface area contributed by atoms with Crippen molar-refractivity contribution in [3.8, 4) is 0 Å². The fourth-order valence-electron chi connectivity index (χ4n) is 0.812. The molecule has 0 saturated carbocycles. The molecule has 1 atom stereocenters. The van der Waals surface area contributed by atoms with E-state index in [0.717, 1.165) is 0 Å². The van der Waals surface area contributed by atoms with Gasteiger partial charge in [-0.2, -0.15) is 0 Å². The highest BCUT2D eigenvalue weighted by Gasteiger charge is 2.16. The second-order valence-corrected chi connectivity index (χ2v) is 4.23. The Hall–Kier alpha value is -1.46. The smallest absolute Gasteiger partial charge is 0.407 e. The zero-order valence-electron chi connectivity index (χ0n) is 9.46. The van der Waals surface area contributed by atoms with Crippen LogP contribution in [-0.4, -0.2) is 35.5 Å². The molecule has 0 radical (unpaired) electrons. The SMILES string of the molecule is CC(CNC(=O)OC(C)(C)C)NC(=O)O. The highest BCUT2D eigenvalue weighted by molar-refractivity contribution is 5.68. The third kappa shape index (κ3) is 8.86. The van der Waals surface area contributed by atoms with Gasteiger partial charge < -0.3 is 20.5 Å². The van der Waals surface area contributed by atoms with Gasteiger partial charge in [0.2, 0.25) is 0 Å². The number of alkyl carbamates (subject to hydrolysis) is 1. The number of carbonyl (C=O) groups excluding carboxylic acids is 1. The van der Waals surface area contributed by atoms with Crippen LogP contribution in [0, 0.1) is 0 Å². The summed E-state index contributed by atoms with van der Waals surface area (Å²) in [7, 11) is 0. The Labute approximate surface area is 89.0 Å². The van der Waals surface area contributed by atoms with Gasteiger partial charge in [-0.3, -0.25) is 0 Å². The summed E-state index contributed by atoms with van der Waals surface area (Å²) < 4.78 is 4.97. The van der Waals surface area contributed by atoms with Crippen LogP contribution in [0.3, 0.4) is 0 Å². The number of ether oxygens (including phenoxy) is 1. The van der Waals surface area contributed by atoms with Crippen LogP contribution >= 0.6 is 0 Å². The quantitative estimate of drug-likeness (QED) is 0.663. The van der Waals surface area contributed by atoms with E-state index in [-0.39, 0.29) is 12.6 Å². The number of amides is 2. The molecule has 0 aliphatic carbocycles. The first kappa shape index (κ1) is 13.5. The largest absolute Gasteiger partial charge is 0.465 e. The Morgan fingerprint density at radius 1 is 1.40 bits per heavy atom. The van der Waals surface area contributed by atoms with Crippen LogP contribution in [0.5, 0.6) is 0 Å². The van der Waals surface area contributed by atoms with E-state index < -0.39 is 17.8 Å². The van der Waals surface area contributed by atoms with Crippen molar-refractivity contribution in [2.45, 2.75) is 39.3 Å². The van der Waals surface area contributed by atoms with Crippen molar-refractivity contribution in [2.24, 2.45) is 0 Å². The Balaban J connectivity index is 3.76. The van der Waals surface area contributed by atoms with Crippen molar-refractivity contribution >= 4 is 12.2 Å². The van der Waals surface area contributed by atoms with Gasteiger partial charge in [0.25, 0.3) is 0 Å². The Bertz CT molecular complexity index is 235. The number of hydrogen-bond donors (Lipinski definition) is 3. The normalized spacial score (nSPS) is 12.8. The zero-order valence-corrected chi connectivity index (χ0v) is 9.46. The summed E-state index contributed by atoms with van der Waals surface area (Å²) in [6, 6.07) is -0.352. The summed E-state index contributed by atoms with van der Waals surface area (Å²) in [5.74, 6) is 0. The van der Waals surface area contributed by atoms with E-state index in [1.54, 1.807) is 27.7 Å². The van der Waals surface area contributed by atoms with Crippen molar-refractivity contribution < 1.29 is 19.4 Å². The lowest BCUT2D eigenvalue weighted by molar-refractivity contribution is 0.0522. The van der Waals surface area contributed by atoms with Crippen LogP contribution in [0.4, 0.5) is 9.59 Å². The minimum atomic E-state index is -1.12. The van der Waals surface area contributed by atoms with Gasteiger partial charge in [-0.05, 0) is 27.7 Å². The number of carboxylic acid groups (broad SMARTS) is 1. The summed E-state index contributed by atoms with van der Waals surface area (Å²) in [5.41, 5.74) is -0.548. The monoisotopic (exact) mass is 218 g/mol. The molecule has 0 aliphatic heterocycles. The van der Waals surface area contributed by atoms with Crippen LogP contribution in [0.25, 0.3) is 0 Å². The second kappa shape index (κ2) is 5.43. The molecule has 15 heavy (non-hydrogen) atoms. The molecule has 0 aromatic heterocycles. The first-order chi connectivity index (χ1) is 6.70. The predicted octanol–water partition coefficient (Wildman–Crippen LogP) is 1.17. The maximum atomic E-state index is 11.1. The zero-order chi connectivity index (χ0) is 12.1. The summed E-state index contributed by atoms with van der Waals surface area (Å²) in [6.45, 7) is 7.11. The molecule has 88 valence electrons. The van der Waals surface area contributed by atoms with Crippen LogP contribution in [0.2, 0.25) is 0 Å². The molecule has 6 nitrogen and oxygen atoms in total. The number of nitrogens with one attached hydrogen (secondary N) is 2. The Kier molecular flexibility index (Phi) is 4.90. The molecule has 3 N–H and O–H groups in total. The van der Waals surface area contributed by atoms with Crippen molar-refractivity contribution in [2.75, 3.05) is 6.54 Å². The number of hydrogen-bond acceptors (Lipinski definition) is 3. The van der Waals surface area contributed by atoms with Crippen molar-refractivity contribution in [3.05, 3.63) is 0 Å². The van der Waals surface area contributed by atoms with Crippen LogP contribution in [0.1, 0.15) is 27.7 Å². The lowest BCUT2D eigenvalue weighted by Gasteiger charge is -2.20. The average Bonchev–Trinajstić information content (AvgIpc) is 1.96. The lowest BCUT2D eigenvalue weighted by Crippen LogP contribution is -2.42. The van der Waals surface area contributed by atoms with Gasteiger partial charge in [-0.25, -0.2) is 9.59 Å². The van der Waals surface area contributed by atoms with Crippen molar-refractivity contribution in [1.29, 1.82) is 0 Å².